The lowest BCUT2D eigenvalue weighted by molar-refractivity contribution is 0.0700. The summed E-state index contributed by atoms with van der Waals surface area (Å²) in [5.74, 6) is 2.83. The fraction of sp³-hybridized carbons (Fsp3) is 0.474. The lowest BCUT2D eigenvalue weighted by Gasteiger charge is -2.32. The number of hydrogen-bond acceptors (Lipinski definition) is 6. The first-order chi connectivity index (χ1) is 13.3. The SMILES string of the molecule is C=CCOc1cccnc1C(=O)N1CCC(c2nnc3n2CCNC3)CC1.Cl. The van der Waals surface area contributed by atoms with Crippen LogP contribution in [0.15, 0.2) is 31.0 Å². The van der Waals surface area contributed by atoms with E-state index in [4.69, 9.17) is 4.74 Å². The van der Waals surface area contributed by atoms with Crippen LogP contribution in [0.2, 0.25) is 0 Å². The average Bonchev–Trinajstić information content (AvgIpc) is 3.16. The van der Waals surface area contributed by atoms with Gasteiger partial charge in [0.2, 0.25) is 0 Å². The molecule has 1 N–H and O–H groups in total. The van der Waals surface area contributed by atoms with Crippen molar-refractivity contribution < 1.29 is 9.53 Å². The number of likely N-dealkylation sites (tertiary alicyclic amines) is 1. The Labute approximate surface area is 170 Å². The number of carbonyl (C=O) groups is 1. The number of carbonyl (C=O) groups excluding carboxylic acids is 1. The molecule has 0 aromatic carbocycles. The lowest BCUT2D eigenvalue weighted by atomic mass is 9.95. The molecule has 0 radical (unpaired) electrons. The van der Waals surface area contributed by atoms with Crippen LogP contribution in [0.5, 0.6) is 5.75 Å². The largest absolute Gasteiger partial charge is 0.487 e. The molecule has 28 heavy (non-hydrogen) atoms. The van der Waals surface area contributed by atoms with E-state index in [1.54, 1.807) is 24.4 Å². The fourth-order valence-electron chi connectivity index (χ4n) is 3.72. The molecule has 2 aromatic heterocycles. The molecule has 1 saturated heterocycles. The number of fused-ring (bicyclic) bond motifs is 1. The van der Waals surface area contributed by atoms with Crippen molar-refractivity contribution in [3.63, 3.8) is 0 Å². The number of nitrogens with zero attached hydrogens (tertiary/aromatic N) is 5. The molecule has 0 saturated carbocycles. The van der Waals surface area contributed by atoms with Crippen LogP contribution in [0.1, 0.15) is 40.9 Å². The molecule has 4 heterocycles. The fourth-order valence-corrected chi connectivity index (χ4v) is 3.72. The summed E-state index contributed by atoms with van der Waals surface area (Å²) >= 11 is 0. The van der Waals surface area contributed by atoms with Crippen LogP contribution in [0.3, 0.4) is 0 Å². The summed E-state index contributed by atoms with van der Waals surface area (Å²) in [6.45, 7) is 7.99. The molecular weight excluding hydrogens is 380 g/mol. The summed E-state index contributed by atoms with van der Waals surface area (Å²) in [6.07, 6.45) is 5.04. The Kier molecular flexibility index (Phi) is 6.64. The highest BCUT2D eigenvalue weighted by Crippen LogP contribution is 2.29. The highest BCUT2D eigenvalue weighted by atomic mass is 35.5. The van der Waals surface area contributed by atoms with E-state index in [1.807, 2.05) is 4.90 Å². The Morgan fingerprint density at radius 2 is 2.14 bits per heavy atom. The summed E-state index contributed by atoms with van der Waals surface area (Å²) in [7, 11) is 0. The third kappa shape index (κ3) is 4.02. The van der Waals surface area contributed by atoms with E-state index in [0.717, 1.165) is 44.1 Å². The van der Waals surface area contributed by atoms with Gasteiger partial charge in [0, 0.05) is 38.3 Å². The van der Waals surface area contributed by atoms with E-state index in [0.29, 0.717) is 37.1 Å². The molecule has 4 rings (SSSR count). The second-order valence-electron chi connectivity index (χ2n) is 6.82. The Morgan fingerprint density at radius 1 is 1.32 bits per heavy atom. The normalized spacial score (nSPS) is 16.8. The Hall–Kier alpha value is -2.45. The molecule has 150 valence electrons. The molecular formula is C19H25ClN6O2. The van der Waals surface area contributed by atoms with E-state index in [-0.39, 0.29) is 18.3 Å². The predicted molar refractivity (Wildman–Crippen MR) is 107 cm³/mol. The summed E-state index contributed by atoms with van der Waals surface area (Å²) in [6, 6.07) is 3.54. The second kappa shape index (κ2) is 9.16. The van der Waals surface area contributed by atoms with Gasteiger partial charge < -0.3 is 19.5 Å². The molecule has 0 spiro atoms. The summed E-state index contributed by atoms with van der Waals surface area (Å²) in [4.78, 5) is 19.0. The van der Waals surface area contributed by atoms with Crippen LogP contribution in [-0.4, -0.2) is 56.8 Å². The van der Waals surface area contributed by atoms with Crippen molar-refractivity contribution in [1.29, 1.82) is 0 Å². The van der Waals surface area contributed by atoms with Crippen molar-refractivity contribution in [2.24, 2.45) is 0 Å². The van der Waals surface area contributed by atoms with E-state index in [9.17, 15) is 4.79 Å². The Morgan fingerprint density at radius 3 is 2.93 bits per heavy atom. The van der Waals surface area contributed by atoms with Crippen molar-refractivity contribution in [2.45, 2.75) is 31.8 Å². The summed E-state index contributed by atoms with van der Waals surface area (Å²) < 4.78 is 7.82. The molecule has 2 aliphatic heterocycles. The van der Waals surface area contributed by atoms with Crippen LogP contribution in [0.4, 0.5) is 0 Å². The molecule has 8 nitrogen and oxygen atoms in total. The first kappa shape index (κ1) is 20.3. The van der Waals surface area contributed by atoms with Crippen LogP contribution >= 0.6 is 12.4 Å². The van der Waals surface area contributed by atoms with Gasteiger partial charge in [-0.1, -0.05) is 12.7 Å². The quantitative estimate of drug-likeness (QED) is 0.764. The van der Waals surface area contributed by atoms with E-state index in [1.165, 1.54) is 0 Å². The summed E-state index contributed by atoms with van der Waals surface area (Å²) in [5, 5.41) is 12.1. The number of aromatic nitrogens is 4. The van der Waals surface area contributed by atoms with Crippen molar-refractivity contribution in [3.05, 3.63) is 48.3 Å². The first-order valence-electron chi connectivity index (χ1n) is 9.38. The van der Waals surface area contributed by atoms with E-state index < -0.39 is 0 Å². The van der Waals surface area contributed by atoms with Gasteiger partial charge in [-0.25, -0.2) is 4.98 Å². The number of piperidine rings is 1. The molecule has 0 bridgehead atoms. The molecule has 1 fully saturated rings. The number of halogens is 1. The van der Waals surface area contributed by atoms with Gasteiger partial charge in [-0.2, -0.15) is 0 Å². The van der Waals surface area contributed by atoms with Crippen molar-refractivity contribution in [2.75, 3.05) is 26.2 Å². The van der Waals surface area contributed by atoms with Gasteiger partial charge in [0.1, 0.15) is 18.3 Å². The van der Waals surface area contributed by atoms with Crippen molar-refractivity contribution in [3.8, 4) is 5.75 Å². The maximum absolute atomic E-state index is 12.9. The maximum Gasteiger partial charge on any atom is 0.276 e. The van der Waals surface area contributed by atoms with Crippen molar-refractivity contribution in [1.82, 2.24) is 30.0 Å². The van der Waals surface area contributed by atoms with Crippen LogP contribution in [-0.2, 0) is 13.1 Å². The average molecular weight is 405 g/mol. The number of rotatable bonds is 5. The van der Waals surface area contributed by atoms with E-state index >= 15 is 0 Å². The zero-order valence-electron chi connectivity index (χ0n) is 15.7. The van der Waals surface area contributed by atoms with Gasteiger partial charge in [-0.15, -0.1) is 22.6 Å². The molecule has 9 heteroatoms. The summed E-state index contributed by atoms with van der Waals surface area (Å²) in [5.41, 5.74) is 0.365. The standard InChI is InChI=1S/C19H24N6O2.ClH/c1-2-12-27-15-4-3-7-21-17(15)19(26)24-9-5-14(6-10-24)18-23-22-16-13-20-8-11-25(16)18;/h2-4,7,14,20H,1,5-6,8-13H2;1H. The van der Waals surface area contributed by atoms with Crippen LogP contribution < -0.4 is 10.1 Å². The first-order valence-corrected chi connectivity index (χ1v) is 9.38. The highest BCUT2D eigenvalue weighted by Gasteiger charge is 2.30. The number of amides is 1. The Balaban J connectivity index is 0.00000225. The Bertz CT molecular complexity index is 832. The minimum absolute atomic E-state index is 0. The zero-order chi connectivity index (χ0) is 18.6. The maximum atomic E-state index is 12.9. The topological polar surface area (TPSA) is 85.2 Å². The second-order valence-corrected chi connectivity index (χ2v) is 6.82. The number of hydrogen-bond donors (Lipinski definition) is 1. The van der Waals surface area contributed by atoms with Gasteiger partial charge in [0.15, 0.2) is 11.4 Å². The molecule has 2 aliphatic rings. The monoisotopic (exact) mass is 404 g/mol. The van der Waals surface area contributed by atoms with Gasteiger partial charge >= 0.3 is 0 Å². The smallest absolute Gasteiger partial charge is 0.276 e. The highest BCUT2D eigenvalue weighted by molar-refractivity contribution is 5.95. The molecule has 0 aliphatic carbocycles. The van der Waals surface area contributed by atoms with E-state index in [2.05, 4.69) is 31.6 Å². The molecule has 0 unspecified atom stereocenters. The predicted octanol–water partition coefficient (Wildman–Crippen LogP) is 1.78. The van der Waals surface area contributed by atoms with Gasteiger partial charge in [-0.3, -0.25) is 4.79 Å². The number of nitrogens with one attached hydrogen (secondary N) is 1. The van der Waals surface area contributed by atoms with Gasteiger partial charge in [0.25, 0.3) is 5.91 Å². The third-order valence-electron chi connectivity index (χ3n) is 5.13. The third-order valence-corrected chi connectivity index (χ3v) is 5.13. The van der Waals surface area contributed by atoms with Gasteiger partial charge in [0.05, 0.1) is 6.54 Å². The van der Waals surface area contributed by atoms with Crippen LogP contribution in [0.25, 0.3) is 0 Å². The zero-order valence-corrected chi connectivity index (χ0v) is 16.5. The molecule has 0 atom stereocenters. The number of pyridine rings is 1. The van der Waals surface area contributed by atoms with Crippen LogP contribution in [0, 0.1) is 0 Å². The lowest BCUT2D eigenvalue weighted by Crippen LogP contribution is -2.39. The van der Waals surface area contributed by atoms with Gasteiger partial charge in [-0.05, 0) is 25.0 Å². The molecule has 1 amide bonds. The molecule has 2 aromatic rings. The minimum Gasteiger partial charge on any atom is -0.487 e. The number of ether oxygens (including phenoxy) is 1. The minimum atomic E-state index is -0.0828. The van der Waals surface area contributed by atoms with Crippen molar-refractivity contribution >= 4 is 18.3 Å².